The Bertz CT molecular complexity index is 502. The van der Waals surface area contributed by atoms with Crippen LogP contribution in [0.5, 0.6) is 0 Å². The average molecular weight is 306 g/mol. The van der Waals surface area contributed by atoms with Gasteiger partial charge in [-0.15, -0.1) is 0 Å². The monoisotopic (exact) mass is 306 g/mol. The van der Waals surface area contributed by atoms with E-state index in [0.29, 0.717) is 0 Å². The molecule has 0 aliphatic carbocycles. The zero-order valence-electron chi connectivity index (χ0n) is 6.80. The summed E-state index contributed by atoms with van der Waals surface area (Å²) in [4.78, 5) is 0. The highest BCUT2D eigenvalue weighted by Gasteiger charge is 2.85. The molecule has 0 spiro atoms. The van der Waals surface area contributed by atoms with E-state index >= 15 is 0 Å². The minimum absolute atomic E-state index is 3.75. The molecule has 1 fully saturated rings. The van der Waals surface area contributed by atoms with Crippen LogP contribution in [0.25, 0.3) is 0 Å². The van der Waals surface area contributed by atoms with Crippen LogP contribution in [-0.2, 0) is 30.8 Å². The van der Waals surface area contributed by atoms with Gasteiger partial charge in [-0.05, 0) is 0 Å². The number of sulfone groups is 2. The first-order chi connectivity index (χ1) is 6.82. The van der Waals surface area contributed by atoms with Crippen molar-refractivity contribution in [1.29, 1.82) is 0 Å². The van der Waals surface area contributed by atoms with Gasteiger partial charge in [0, 0.05) is 0 Å². The van der Waals surface area contributed by atoms with Gasteiger partial charge in [-0.2, -0.15) is 17.6 Å². The molecule has 6 nitrogen and oxygen atoms in total. The molecule has 0 aromatic heterocycles. The first-order valence-corrected chi connectivity index (χ1v) is 7.40. The third-order valence-electron chi connectivity index (χ3n) is 1.72. The summed E-state index contributed by atoms with van der Waals surface area (Å²) in [6.45, 7) is 0. The summed E-state index contributed by atoms with van der Waals surface area (Å²) in [5.74, 6) is 0. The van der Waals surface area contributed by atoms with Gasteiger partial charge in [-0.3, -0.25) is 0 Å². The second-order valence-corrected chi connectivity index (χ2v) is 8.76. The third-order valence-corrected chi connectivity index (χ3v) is 9.17. The summed E-state index contributed by atoms with van der Waals surface area (Å²) in [6.07, 6.45) is 0. The molecule has 1 rings (SSSR count). The SMILES string of the molecule is O=S(O)C1S(=O)(=O)C(F)(F)C(F)(F)S1(=O)=O. The van der Waals surface area contributed by atoms with Crippen molar-refractivity contribution in [2.45, 2.75) is 14.4 Å². The van der Waals surface area contributed by atoms with Crippen LogP contribution in [0, 0.1) is 0 Å². The Morgan fingerprint density at radius 3 is 1.31 bits per heavy atom. The van der Waals surface area contributed by atoms with Crippen LogP contribution in [0.1, 0.15) is 0 Å². The van der Waals surface area contributed by atoms with Crippen LogP contribution < -0.4 is 0 Å². The van der Waals surface area contributed by atoms with Gasteiger partial charge in [0.05, 0.1) is 0 Å². The molecule has 0 aromatic carbocycles. The second kappa shape index (κ2) is 3.14. The molecule has 1 atom stereocenters. The average Bonchev–Trinajstić information content (AvgIpc) is 2.05. The predicted octanol–water partition coefficient (Wildman–Crippen LogP) is -0.479. The number of hydrogen-bond acceptors (Lipinski definition) is 5. The molecule has 13 heteroatoms. The third kappa shape index (κ3) is 1.22. The van der Waals surface area contributed by atoms with E-state index in [0.717, 1.165) is 0 Å². The van der Waals surface area contributed by atoms with Crippen molar-refractivity contribution in [3.8, 4) is 0 Å². The van der Waals surface area contributed by atoms with E-state index in [2.05, 4.69) is 0 Å². The van der Waals surface area contributed by atoms with Crippen LogP contribution in [0.4, 0.5) is 17.6 Å². The van der Waals surface area contributed by atoms with Crippen molar-refractivity contribution < 1.29 is 43.2 Å². The van der Waals surface area contributed by atoms with Gasteiger partial charge < -0.3 is 4.55 Å². The molecule has 1 aliphatic rings. The lowest BCUT2D eigenvalue weighted by atomic mass is 10.7. The van der Waals surface area contributed by atoms with Crippen molar-refractivity contribution in [2.75, 3.05) is 0 Å². The van der Waals surface area contributed by atoms with Crippen LogP contribution >= 0.6 is 0 Å². The molecular weight excluding hydrogens is 304 g/mol. The predicted molar refractivity (Wildman–Crippen MR) is 42.3 cm³/mol. The summed E-state index contributed by atoms with van der Waals surface area (Å²) >= 11 is -3.91. The van der Waals surface area contributed by atoms with Gasteiger partial charge in [-0.1, -0.05) is 0 Å². The first-order valence-electron chi connectivity index (χ1n) is 3.14. The van der Waals surface area contributed by atoms with Crippen LogP contribution in [0.15, 0.2) is 0 Å². The Kier molecular flexibility index (Phi) is 2.71. The molecule has 96 valence electrons. The van der Waals surface area contributed by atoms with Gasteiger partial charge in [0.1, 0.15) is 0 Å². The van der Waals surface area contributed by atoms with Gasteiger partial charge in [0.15, 0.2) is 11.1 Å². The lowest BCUT2D eigenvalue weighted by molar-refractivity contribution is -0.0920. The zero-order chi connectivity index (χ0) is 13.2. The summed E-state index contributed by atoms with van der Waals surface area (Å²) in [5.41, 5.74) is 0. The molecule has 1 saturated heterocycles. The number of halogens is 4. The van der Waals surface area contributed by atoms with Gasteiger partial charge in [-0.25, -0.2) is 21.0 Å². The normalized spacial score (nSPS) is 32.3. The summed E-state index contributed by atoms with van der Waals surface area (Å²) in [7, 11) is -12.6. The highest BCUT2D eigenvalue weighted by atomic mass is 32.3. The minimum Gasteiger partial charge on any atom is -0.304 e. The van der Waals surface area contributed by atoms with Crippen molar-refractivity contribution in [2.24, 2.45) is 0 Å². The Hall–Kier alpha value is -0.270. The number of hydrogen-bond donors (Lipinski definition) is 1. The van der Waals surface area contributed by atoms with E-state index in [1.54, 1.807) is 0 Å². The Morgan fingerprint density at radius 2 is 1.19 bits per heavy atom. The summed E-state index contributed by atoms with van der Waals surface area (Å²) < 4.78 is 108. The quantitative estimate of drug-likeness (QED) is 0.518. The maximum Gasteiger partial charge on any atom is 0.424 e. The topological polar surface area (TPSA) is 106 Å². The van der Waals surface area contributed by atoms with Gasteiger partial charge in [0.25, 0.3) is 23.6 Å². The molecule has 1 N–H and O–H groups in total. The Labute approximate surface area is 88.8 Å². The molecule has 1 heterocycles. The molecule has 1 unspecified atom stereocenters. The molecule has 1 aliphatic heterocycles. The molecular formula is C3H2F4O6S3. The van der Waals surface area contributed by atoms with E-state index in [1.165, 1.54) is 0 Å². The largest absolute Gasteiger partial charge is 0.424 e. The fourth-order valence-corrected chi connectivity index (χ4v) is 7.32. The van der Waals surface area contributed by atoms with Crippen LogP contribution in [-0.4, -0.2) is 40.0 Å². The lowest BCUT2D eigenvalue weighted by Crippen LogP contribution is -2.42. The van der Waals surface area contributed by atoms with Crippen LogP contribution in [0.2, 0.25) is 0 Å². The smallest absolute Gasteiger partial charge is 0.304 e. The maximum atomic E-state index is 12.6. The number of rotatable bonds is 1. The van der Waals surface area contributed by atoms with E-state index in [9.17, 15) is 38.6 Å². The number of alkyl halides is 4. The van der Waals surface area contributed by atoms with E-state index in [1.807, 2.05) is 0 Å². The Morgan fingerprint density at radius 1 is 0.938 bits per heavy atom. The lowest BCUT2D eigenvalue weighted by Gasteiger charge is -2.13. The maximum absolute atomic E-state index is 12.6. The van der Waals surface area contributed by atoms with Gasteiger partial charge in [0.2, 0.25) is 0 Å². The van der Waals surface area contributed by atoms with Crippen molar-refractivity contribution >= 4 is 30.8 Å². The standard InChI is InChI=1S/C3H2F4O6S3/c4-2(5)3(6,7)16(12,13)1(14(8)9)15(2,10)11/h1H,(H,8,9). The minimum atomic E-state index is -6.30. The van der Waals surface area contributed by atoms with E-state index in [-0.39, 0.29) is 0 Å². The van der Waals surface area contributed by atoms with E-state index < -0.39 is 45.2 Å². The molecule has 0 aromatic rings. The zero-order valence-corrected chi connectivity index (χ0v) is 9.25. The van der Waals surface area contributed by atoms with Crippen molar-refractivity contribution in [1.82, 2.24) is 0 Å². The summed E-state index contributed by atoms with van der Waals surface area (Å²) in [5, 5.41) is -11.9. The fourth-order valence-electron chi connectivity index (χ4n) is 0.956. The molecule has 16 heavy (non-hydrogen) atoms. The first kappa shape index (κ1) is 13.8. The molecule has 0 amide bonds. The second-order valence-electron chi connectivity index (χ2n) is 2.69. The van der Waals surface area contributed by atoms with Crippen molar-refractivity contribution in [3.63, 3.8) is 0 Å². The molecule has 0 radical (unpaired) electrons. The molecule has 0 saturated carbocycles. The Balaban J connectivity index is 3.80. The van der Waals surface area contributed by atoms with Crippen LogP contribution in [0.3, 0.4) is 0 Å². The molecule has 0 bridgehead atoms. The van der Waals surface area contributed by atoms with Crippen molar-refractivity contribution in [3.05, 3.63) is 0 Å². The van der Waals surface area contributed by atoms with E-state index in [4.69, 9.17) is 4.55 Å². The summed E-state index contributed by atoms with van der Waals surface area (Å²) in [6, 6.07) is 0. The highest BCUT2D eigenvalue weighted by Crippen LogP contribution is 2.53. The highest BCUT2D eigenvalue weighted by molar-refractivity contribution is 8.24. The van der Waals surface area contributed by atoms with Gasteiger partial charge >= 0.3 is 10.5 Å². The fraction of sp³-hybridized carbons (Fsp3) is 1.00.